The van der Waals surface area contributed by atoms with Crippen LogP contribution in [0.25, 0.3) is 0 Å². The molecule has 1 aliphatic heterocycles. The minimum atomic E-state index is -0.446. The molecule has 0 amide bonds. The predicted molar refractivity (Wildman–Crippen MR) is 108 cm³/mol. The van der Waals surface area contributed by atoms with Gasteiger partial charge in [0.25, 0.3) is 0 Å². The first kappa shape index (κ1) is 20.9. The molecule has 1 N–H and O–H groups in total. The van der Waals surface area contributed by atoms with E-state index < -0.39 is 6.10 Å². The molecule has 1 unspecified atom stereocenters. The lowest BCUT2D eigenvalue weighted by Gasteiger charge is -2.10. The van der Waals surface area contributed by atoms with Gasteiger partial charge in [0.2, 0.25) is 0 Å². The fourth-order valence-electron chi connectivity index (χ4n) is 3.20. The summed E-state index contributed by atoms with van der Waals surface area (Å²) >= 11 is 0. The highest BCUT2D eigenvalue weighted by Crippen LogP contribution is 2.36. The number of carbonyl (C=O) groups is 1. The summed E-state index contributed by atoms with van der Waals surface area (Å²) in [6.45, 7) is 5.41. The Morgan fingerprint density at radius 1 is 1.15 bits per heavy atom. The van der Waals surface area contributed by atoms with Crippen molar-refractivity contribution in [3.8, 4) is 11.8 Å². The van der Waals surface area contributed by atoms with Crippen LogP contribution in [0.3, 0.4) is 0 Å². The minimum Gasteiger partial charge on any atom is -0.387 e. The lowest BCUT2D eigenvalue weighted by atomic mass is 9.94. The number of benzene rings is 2. The Hall–Kier alpha value is -2.41. The molecule has 142 valence electrons. The Labute approximate surface area is 162 Å². The fourth-order valence-corrected chi connectivity index (χ4v) is 3.20. The van der Waals surface area contributed by atoms with Crippen LogP contribution in [0.5, 0.6) is 0 Å². The molecule has 27 heavy (non-hydrogen) atoms. The van der Waals surface area contributed by atoms with E-state index in [1.807, 2.05) is 55.5 Å². The maximum Gasteiger partial charge on any atom is 0.135 e. The molecule has 1 aliphatic rings. The van der Waals surface area contributed by atoms with Crippen LogP contribution in [0.15, 0.2) is 60.7 Å². The molecule has 3 rings (SSSR count). The number of hydrogen-bond donors (Lipinski definition) is 1. The highest BCUT2D eigenvalue weighted by molar-refractivity contribution is 5.79. The number of aliphatic hydroxyl groups excluding tert-OH is 1. The van der Waals surface area contributed by atoms with E-state index in [0.29, 0.717) is 6.42 Å². The van der Waals surface area contributed by atoms with Crippen LogP contribution >= 0.6 is 0 Å². The van der Waals surface area contributed by atoms with Crippen LogP contribution in [-0.2, 0) is 9.53 Å². The lowest BCUT2D eigenvalue weighted by molar-refractivity contribution is -0.122. The first-order valence-corrected chi connectivity index (χ1v) is 9.36. The van der Waals surface area contributed by atoms with E-state index in [9.17, 15) is 9.90 Å². The van der Waals surface area contributed by atoms with Crippen molar-refractivity contribution < 1.29 is 14.6 Å². The summed E-state index contributed by atoms with van der Waals surface area (Å²) in [4.78, 5) is 11.4. The second-order valence-corrected chi connectivity index (χ2v) is 6.75. The van der Waals surface area contributed by atoms with Gasteiger partial charge in [0.05, 0.1) is 18.3 Å². The number of rotatable bonds is 4. The third kappa shape index (κ3) is 6.36. The maximum absolute atomic E-state index is 11.4. The molecule has 3 nitrogen and oxygen atoms in total. The molecule has 0 bridgehead atoms. The largest absolute Gasteiger partial charge is 0.387 e. The van der Waals surface area contributed by atoms with Crippen molar-refractivity contribution in [1.82, 2.24) is 0 Å². The summed E-state index contributed by atoms with van der Waals surface area (Å²) in [5.74, 6) is 5.91. The smallest absolute Gasteiger partial charge is 0.135 e. The molecule has 0 aliphatic carbocycles. The second kappa shape index (κ2) is 10.7. The van der Waals surface area contributed by atoms with Gasteiger partial charge >= 0.3 is 0 Å². The van der Waals surface area contributed by atoms with Gasteiger partial charge in [-0.15, -0.1) is 11.8 Å². The SMILES string of the molecule is CC#CCC(O)c1ccccc1.CC(=O)[C@H]1C[C@@H](c2ccccc2)O[C@H]1C. The third-order valence-corrected chi connectivity index (χ3v) is 4.76. The monoisotopic (exact) mass is 364 g/mol. The van der Waals surface area contributed by atoms with Gasteiger partial charge in [-0.2, -0.15) is 0 Å². The number of ether oxygens (including phenoxy) is 1. The van der Waals surface area contributed by atoms with E-state index in [2.05, 4.69) is 24.0 Å². The average Bonchev–Trinajstić information content (AvgIpc) is 3.10. The van der Waals surface area contributed by atoms with Gasteiger partial charge in [0.1, 0.15) is 5.78 Å². The Bertz CT molecular complexity index is 758. The van der Waals surface area contributed by atoms with Crippen LogP contribution in [0, 0.1) is 17.8 Å². The molecule has 0 aromatic heterocycles. The number of Topliss-reactive ketones (excluding diaryl/α,β-unsaturated/α-hetero) is 1. The van der Waals surface area contributed by atoms with Gasteiger partial charge in [0.15, 0.2) is 0 Å². The first-order chi connectivity index (χ1) is 13.0. The number of ketones is 1. The number of hydrogen-bond acceptors (Lipinski definition) is 3. The zero-order valence-corrected chi connectivity index (χ0v) is 16.3. The molecule has 0 saturated carbocycles. The Morgan fingerprint density at radius 3 is 2.26 bits per heavy atom. The average molecular weight is 364 g/mol. The molecule has 2 aromatic rings. The minimum absolute atomic E-state index is 0.0488. The van der Waals surface area contributed by atoms with Gasteiger partial charge < -0.3 is 9.84 Å². The second-order valence-electron chi connectivity index (χ2n) is 6.75. The van der Waals surface area contributed by atoms with Crippen LogP contribution in [0.4, 0.5) is 0 Å². The first-order valence-electron chi connectivity index (χ1n) is 9.36. The molecule has 1 fully saturated rings. The summed E-state index contributed by atoms with van der Waals surface area (Å²) in [6, 6.07) is 19.7. The van der Waals surface area contributed by atoms with E-state index in [1.54, 1.807) is 13.8 Å². The molecule has 3 heteroatoms. The molecular formula is C24H28O3. The highest BCUT2D eigenvalue weighted by atomic mass is 16.5. The summed E-state index contributed by atoms with van der Waals surface area (Å²) in [5, 5.41) is 9.55. The normalized spacial score (nSPS) is 22.0. The predicted octanol–water partition coefficient (Wildman–Crippen LogP) is 4.88. The highest BCUT2D eigenvalue weighted by Gasteiger charge is 2.35. The van der Waals surface area contributed by atoms with E-state index in [-0.39, 0.29) is 23.9 Å². The Morgan fingerprint density at radius 2 is 1.74 bits per heavy atom. The molecule has 0 radical (unpaired) electrons. The molecular weight excluding hydrogens is 336 g/mol. The van der Waals surface area contributed by atoms with Gasteiger partial charge in [-0.05, 0) is 38.3 Å². The van der Waals surface area contributed by atoms with Crippen molar-refractivity contribution in [3.63, 3.8) is 0 Å². The zero-order chi connectivity index (χ0) is 19.6. The summed E-state index contributed by atoms with van der Waals surface area (Å²) in [5.41, 5.74) is 2.10. The van der Waals surface area contributed by atoms with Crippen molar-refractivity contribution in [2.24, 2.45) is 5.92 Å². The third-order valence-electron chi connectivity index (χ3n) is 4.76. The number of aliphatic hydroxyl groups is 1. The van der Waals surface area contributed by atoms with E-state index >= 15 is 0 Å². The van der Waals surface area contributed by atoms with Gasteiger partial charge in [-0.3, -0.25) is 4.79 Å². The Kier molecular flexibility index (Phi) is 8.26. The summed E-state index contributed by atoms with van der Waals surface area (Å²) in [7, 11) is 0. The van der Waals surface area contributed by atoms with Crippen molar-refractivity contribution in [2.75, 3.05) is 0 Å². The molecule has 0 spiro atoms. The fraction of sp³-hybridized carbons (Fsp3) is 0.375. The topological polar surface area (TPSA) is 46.5 Å². The van der Waals surface area contributed by atoms with E-state index in [4.69, 9.17) is 4.74 Å². The maximum atomic E-state index is 11.4. The van der Waals surface area contributed by atoms with Crippen LogP contribution in [0.2, 0.25) is 0 Å². The summed E-state index contributed by atoms with van der Waals surface area (Å²) < 4.78 is 5.80. The van der Waals surface area contributed by atoms with E-state index in [1.165, 1.54) is 5.56 Å². The van der Waals surface area contributed by atoms with Crippen LogP contribution in [0.1, 0.15) is 56.9 Å². The molecule has 2 aromatic carbocycles. The van der Waals surface area contributed by atoms with Gasteiger partial charge in [0, 0.05) is 12.3 Å². The van der Waals surface area contributed by atoms with Crippen molar-refractivity contribution in [3.05, 3.63) is 71.8 Å². The van der Waals surface area contributed by atoms with Crippen molar-refractivity contribution >= 4 is 5.78 Å². The number of carbonyl (C=O) groups excluding carboxylic acids is 1. The lowest BCUT2D eigenvalue weighted by Crippen LogP contribution is -2.18. The van der Waals surface area contributed by atoms with Crippen LogP contribution < -0.4 is 0 Å². The quantitative estimate of drug-likeness (QED) is 0.787. The van der Waals surface area contributed by atoms with Crippen molar-refractivity contribution in [2.45, 2.75) is 51.9 Å². The zero-order valence-electron chi connectivity index (χ0n) is 16.3. The molecule has 1 saturated heterocycles. The van der Waals surface area contributed by atoms with Gasteiger partial charge in [-0.25, -0.2) is 0 Å². The Balaban J connectivity index is 0.000000199. The van der Waals surface area contributed by atoms with Crippen LogP contribution in [-0.4, -0.2) is 17.0 Å². The standard InChI is InChI=1S/C13H16O2.C11H12O/c1-9(14)12-8-13(15-10(12)2)11-6-4-3-5-7-11;1-2-3-9-11(12)10-7-5-4-6-8-10/h3-7,10,12-13H,8H2,1-2H3;4-8,11-12H,9H2,1H3/t10-,12+,13-;/m0./s1. The van der Waals surface area contributed by atoms with Crippen molar-refractivity contribution in [1.29, 1.82) is 0 Å². The summed E-state index contributed by atoms with van der Waals surface area (Å²) in [6.07, 6.45) is 1.03. The molecule has 1 heterocycles. The van der Waals surface area contributed by atoms with E-state index in [0.717, 1.165) is 12.0 Å². The molecule has 4 atom stereocenters. The van der Waals surface area contributed by atoms with Gasteiger partial charge in [-0.1, -0.05) is 60.7 Å².